The number of nitrogens with zero attached hydrogens (tertiary/aromatic N) is 1. The lowest BCUT2D eigenvalue weighted by Gasteiger charge is -2.07. The van der Waals surface area contributed by atoms with E-state index in [4.69, 9.17) is 4.74 Å². The summed E-state index contributed by atoms with van der Waals surface area (Å²) in [6.45, 7) is 5.90. The van der Waals surface area contributed by atoms with E-state index in [1.807, 2.05) is 36.5 Å². The summed E-state index contributed by atoms with van der Waals surface area (Å²) in [5, 5.41) is 3.27. The minimum absolute atomic E-state index is 0.772. The van der Waals surface area contributed by atoms with Gasteiger partial charge in [0.25, 0.3) is 0 Å². The van der Waals surface area contributed by atoms with Gasteiger partial charge in [-0.25, -0.2) is 0 Å². The second-order valence-corrected chi connectivity index (χ2v) is 4.22. The number of aryl methyl sites for hydroxylation is 1. The highest BCUT2D eigenvalue weighted by Gasteiger charge is 1.99. The van der Waals surface area contributed by atoms with Crippen LogP contribution in [0.15, 0.2) is 42.7 Å². The van der Waals surface area contributed by atoms with E-state index in [9.17, 15) is 0 Å². The van der Waals surface area contributed by atoms with Crippen LogP contribution < -0.4 is 10.1 Å². The molecule has 0 saturated carbocycles. The Morgan fingerprint density at radius 1 is 1.11 bits per heavy atom. The Morgan fingerprint density at radius 2 is 1.89 bits per heavy atom. The van der Waals surface area contributed by atoms with Crippen molar-refractivity contribution in [1.82, 2.24) is 10.3 Å². The molecule has 0 aliphatic heterocycles. The molecular weight excluding hydrogens is 224 g/mol. The molecule has 0 atom stereocenters. The van der Waals surface area contributed by atoms with Crippen molar-refractivity contribution < 1.29 is 4.74 Å². The van der Waals surface area contributed by atoms with E-state index >= 15 is 0 Å². The quantitative estimate of drug-likeness (QED) is 0.873. The van der Waals surface area contributed by atoms with Crippen LogP contribution in [0.2, 0.25) is 0 Å². The molecular formula is C15H18N2O. The summed E-state index contributed by atoms with van der Waals surface area (Å²) in [7, 11) is 0. The summed E-state index contributed by atoms with van der Waals surface area (Å²) >= 11 is 0. The van der Waals surface area contributed by atoms with Gasteiger partial charge >= 0.3 is 0 Å². The monoisotopic (exact) mass is 242 g/mol. The van der Waals surface area contributed by atoms with E-state index in [1.165, 1.54) is 5.56 Å². The van der Waals surface area contributed by atoms with Crippen molar-refractivity contribution in [1.29, 1.82) is 0 Å². The van der Waals surface area contributed by atoms with Gasteiger partial charge in [0, 0.05) is 12.7 Å². The van der Waals surface area contributed by atoms with Gasteiger partial charge in [0.1, 0.15) is 11.5 Å². The highest BCUT2D eigenvalue weighted by Crippen LogP contribution is 2.21. The third kappa shape index (κ3) is 3.57. The second-order valence-electron chi connectivity index (χ2n) is 4.22. The summed E-state index contributed by atoms with van der Waals surface area (Å²) in [5.41, 5.74) is 2.35. The summed E-state index contributed by atoms with van der Waals surface area (Å²) in [4.78, 5) is 4.19. The molecule has 1 heterocycles. The lowest BCUT2D eigenvalue weighted by atomic mass is 10.2. The van der Waals surface area contributed by atoms with E-state index in [0.29, 0.717) is 0 Å². The van der Waals surface area contributed by atoms with Gasteiger partial charge in [-0.1, -0.05) is 24.6 Å². The van der Waals surface area contributed by atoms with Gasteiger partial charge in [-0.15, -0.1) is 0 Å². The number of rotatable bonds is 5. The van der Waals surface area contributed by atoms with Gasteiger partial charge < -0.3 is 10.1 Å². The zero-order valence-electron chi connectivity index (χ0n) is 10.8. The fourth-order valence-electron chi connectivity index (χ4n) is 1.63. The van der Waals surface area contributed by atoms with Crippen LogP contribution in [0.25, 0.3) is 0 Å². The maximum Gasteiger partial charge on any atom is 0.146 e. The number of hydrogen-bond donors (Lipinski definition) is 1. The second kappa shape index (κ2) is 6.17. The van der Waals surface area contributed by atoms with Crippen molar-refractivity contribution in [3.63, 3.8) is 0 Å². The molecule has 1 aromatic carbocycles. The van der Waals surface area contributed by atoms with Crippen LogP contribution >= 0.6 is 0 Å². The van der Waals surface area contributed by atoms with Crippen molar-refractivity contribution >= 4 is 0 Å². The number of aromatic nitrogens is 1. The molecule has 3 heteroatoms. The predicted octanol–water partition coefficient (Wildman–Crippen LogP) is 3.29. The highest BCUT2D eigenvalue weighted by atomic mass is 16.5. The third-order valence-electron chi connectivity index (χ3n) is 2.61. The lowest BCUT2D eigenvalue weighted by Crippen LogP contribution is -2.11. The number of ether oxygens (including phenoxy) is 1. The first-order valence-corrected chi connectivity index (χ1v) is 6.17. The Kier molecular flexibility index (Phi) is 4.31. The Balaban J connectivity index is 2.06. The zero-order valence-corrected chi connectivity index (χ0v) is 10.8. The molecule has 0 radical (unpaired) electrons. The normalized spacial score (nSPS) is 10.3. The van der Waals surface area contributed by atoms with Crippen molar-refractivity contribution in [3.05, 3.63) is 53.9 Å². The maximum atomic E-state index is 5.76. The predicted molar refractivity (Wildman–Crippen MR) is 72.9 cm³/mol. The van der Waals surface area contributed by atoms with Gasteiger partial charge in [0.05, 0.1) is 6.20 Å². The minimum Gasteiger partial charge on any atom is -0.456 e. The standard InChI is InChI=1S/C15H18N2O/c1-3-16-9-13-8-15(11-17-10-13)18-14-6-4-12(2)5-7-14/h4-8,10-11,16H,3,9H2,1-2H3. The Morgan fingerprint density at radius 3 is 2.61 bits per heavy atom. The van der Waals surface area contributed by atoms with Crippen LogP contribution in [0.4, 0.5) is 0 Å². The average Bonchev–Trinajstić information content (AvgIpc) is 2.40. The number of hydrogen-bond acceptors (Lipinski definition) is 3. The Hall–Kier alpha value is -1.87. The van der Waals surface area contributed by atoms with Crippen molar-refractivity contribution in [2.24, 2.45) is 0 Å². The minimum atomic E-state index is 0.772. The van der Waals surface area contributed by atoms with Crippen LogP contribution in [0, 0.1) is 6.92 Å². The maximum absolute atomic E-state index is 5.76. The molecule has 0 spiro atoms. The van der Waals surface area contributed by atoms with Crippen LogP contribution in [0.3, 0.4) is 0 Å². The molecule has 94 valence electrons. The molecule has 0 saturated heterocycles. The first-order valence-electron chi connectivity index (χ1n) is 6.17. The fraction of sp³-hybridized carbons (Fsp3) is 0.267. The van der Waals surface area contributed by atoms with E-state index in [1.54, 1.807) is 6.20 Å². The molecule has 0 amide bonds. The molecule has 1 N–H and O–H groups in total. The van der Waals surface area contributed by atoms with Gasteiger partial charge in [-0.3, -0.25) is 4.98 Å². The van der Waals surface area contributed by atoms with Crippen LogP contribution in [0.1, 0.15) is 18.1 Å². The van der Waals surface area contributed by atoms with Gasteiger partial charge in [0.15, 0.2) is 0 Å². The van der Waals surface area contributed by atoms with Gasteiger partial charge in [0.2, 0.25) is 0 Å². The third-order valence-corrected chi connectivity index (χ3v) is 2.61. The Labute approximate surface area is 108 Å². The summed E-state index contributed by atoms with van der Waals surface area (Å²) in [5.74, 6) is 1.61. The molecule has 18 heavy (non-hydrogen) atoms. The number of benzene rings is 1. The first-order chi connectivity index (χ1) is 8.78. The molecule has 3 nitrogen and oxygen atoms in total. The van der Waals surface area contributed by atoms with E-state index in [0.717, 1.165) is 30.2 Å². The first kappa shape index (κ1) is 12.6. The highest BCUT2D eigenvalue weighted by molar-refractivity contribution is 5.32. The van der Waals surface area contributed by atoms with Gasteiger partial charge in [-0.2, -0.15) is 0 Å². The summed E-state index contributed by atoms with van der Waals surface area (Å²) in [6.07, 6.45) is 3.58. The Bertz CT molecular complexity index is 494. The lowest BCUT2D eigenvalue weighted by molar-refractivity contribution is 0.479. The smallest absolute Gasteiger partial charge is 0.146 e. The van der Waals surface area contributed by atoms with E-state index < -0.39 is 0 Å². The zero-order chi connectivity index (χ0) is 12.8. The van der Waals surface area contributed by atoms with Crippen LogP contribution in [-0.2, 0) is 6.54 Å². The average molecular weight is 242 g/mol. The molecule has 0 unspecified atom stereocenters. The largest absolute Gasteiger partial charge is 0.456 e. The van der Waals surface area contributed by atoms with E-state index in [2.05, 4.69) is 24.1 Å². The molecule has 0 fully saturated rings. The molecule has 0 aliphatic rings. The fourth-order valence-corrected chi connectivity index (χ4v) is 1.63. The van der Waals surface area contributed by atoms with Crippen molar-refractivity contribution in [2.75, 3.05) is 6.54 Å². The summed E-state index contributed by atoms with van der Waals surface area (Å²) in [6, 6.07) is 10.0. The summed E-state index contributed by atoms with van der Waals surface area (Å²) < 4.78 is 5.76. The molecule has 0 aliphatic carbocycles. The van der Waals surface area contributed by atoms with Crippen LogP contribution in [-0.4, -0.2) is 11.5 Å². The van der Waals surface area contributed by atoms with E-state index in [-0.39, 0.29) is 0 Å². The molecule has 0 bridgehead atoms. The molecule has 2 aromatic rings. The number of pyridine rings is 1. The molecule has 2 rings (SSSR count). The van der Waals surface area contributed by atoms with Crippen molar-refractivity contribution in [3.8, 4) is 11.5 Å². The van der Waals surface area contributed by atoms with Crippen LogP contribution in [0.5, 0.6) is 11.5 Å². The van der Waals surface area contributed by atoms with Crippen molar-refractivity contribution in [2.45, 2.75) is 20.4 Å². The number of nitrogens with one attached hydrogen (secondary N) is 1. The SMILES string of the molecule is CCNCc1cncc(Oc2ccc(C)cc2)c1. The molecule has 1 aromatic heterocycles. The van der Waals surface area contributed by atoms with Gasteiger partial charge in [-0.05, 0) is 37.2 Å². The topological polar surface area (TPSA) is 34.2 Å².